The maximum absolute atomic E-state index is 14.0. The van der Waals surface area contributed by atoms with Gasteiger partial charge in [0.15, 0.2) is 0 Å². The van der Waals surface area contributed by atoms with Crippen molar-refractivity contribution in [2.24, 2.45) is 0 Å². The van der Waals surface area contributed by atoms with Gasteiger partial charge in [-0.3, -0.25) is 19.7 Å². The highest BCUT2D eigenvalue weighted by Crippen LogP contribution is 2.26. The van der Waals surface area contributed by atoms with Gasteiger partial charge in [0.1, 0.15) is 11.5 Å². The molecule has 0 unspecified atom stereocenters. The molecule has 0 saturated heterocycles. The lowest BCUT2D eigenvalue weighted by molar-refractivity contribution is -0.384. The zero-order chi connectivity index (χ0) is 23.3. The molecule has 0 atom stereocenters. The summed E-state index contributed by atoms with van der Waals surface area (Å²) >= 11 is 12.0. The van der Waals surface area contributed by atoms with Crippen LogP contribution in [0.2, 0.25) is 10.0 Å². The van der Waals surface area contributed by atoms with Crippen molar-refractivity contribution in [3.05, 3.63) is 110 Å². The molecule has 0 aliphatic carbocycles. The Morgan fingerprint density at radius 2 is 1.75 bits per heavy atom. The van der Waals surface area contributed by atoms with E-state index in [0.717, 1.165) is 6.07 Å². The molecule has 0 fully saturated rings. The largest absolute Gasteiger partial charge is 0.319 e. The molecule has 10 heteroatoms. The molecule has 3 rings (SSSR count). The molecule has 7 nitrogen and oxygen atoms in total. The van der Waals surface area contributed by atoms with E-state index >= 15 is 0 Å². The first-order chi connectivity index (χ1) is 15.2. The van der Waals surface area contributed by atoms with Gasteiger partial charge >= 0.3 is 0 Å². The van der Waals surface area contributed by atoms with Crippen molar-refractivity contribution in [1.82, 2.24) is 5.32 Å². The Kier molecular flexibility index (Phi) is 7.19. The van der Waals surface area contributed by atoms with Crippen molar-refractivity contribution in [3.8, 4) is 0 Å². The highest BCUT2D eigenvalue weighted by atomic mass is 35.5. The van der Waals surface area contributed by atoms with Crippen LogP contribution in [0.1, 0.15) is 15.9 Å². The average Bonchev–Trinajstić information content (AvgIpc) is 2.76. The Labute approximate surface area is 191 Å². The van der Waals surface area contributed by atoms with Crippen LogP contribution in [0.4, 0.5) is 15.8 Å². The molecule has 32 heavy (non-hydrogen) atoms. The maximum atomic E-state index is 14.0. The number of anilines is 1. The first kappa shape index (κ1) is 22.9. The monoisotopic (exact) mass is 473 g/mol. The summed E-state index contributed by atoms with van der Waals surface area (Å²) in [4.78, 5) is 36.0. The van der Waals surface area contributed by atoms with Crippen molar-refractivity contribution >= 4 is 52.5 Å². The predicted octanol–water partition coefficient (Wildman–Crippen LogP) is 5.45. The Morgan fingerprint density at radius 3 is 2.47 bits per heavy atom. The van der Waals surface area contributed by atoms with E-state index in [-0.39, 0.29) is 33.2 Å². The van der Waals surface area contributed by atoms with E-state index in [1.165, 1.54) is 66.7 Å². The lowest BCUT2D eigenvalue weighted by Gasteiger charge is -2.13. The van der Waals surface area contributed by atoms with Gasteiger partial charge in [0, 0.05) is 17.2 Å². The fraction of sp³-hybridized carbons (Fsp3) is 0. The smallest absolute Gasteiger partial charge is 0.272 e. The molecule has 0 saturated carbocycles. The fourth-order valence-corrected chi connectivity index (χ4v) is 3.01. The molecule has 0 spiro atoms. The lowest BCUT2D eigenvalue weighted by Crippen LogP contribution is -2.31. The molecular weight excluding hydrogens is 460 g/mol. The number of carbonyl (C=O) groups excluding carboxylic acids is 2. The molecule has 0 radical (unpaired) electrons. The van der Waals surface area contributed by atoms with Crippen LogP contribution in [-0.2, 0) is 4.79 Å². The van der Waals surface area contributed by atoms with Crippen LogP contribution < -0.4 is 10.6 Å². The summed E-state index contributed by atoms with van der Waals surface area (Å²) in [6, 6.07) is 15.1. The van der Waals surface area contributed by atoms with E-state index in [4.69, 9.17) is 23.2 Å². The summed E-state index contributed by atoms with van der Waals surface area (Å²) in [6.45, 7) is 0. The van der Waals surface area contributed by atoms with E-state index in [1.54, 1.807) is 0 Å². The van der Waals surface area contributed by atoms with Crippen LogP contribution in [-0.4, -0.2) is 16.7 Å². The molecule has 2 N–H and O–H groups in total. The number of rotatable bonds is 6. The number of non-ortho nitro benzene ring substituents is 1. The van der Waals surface area contributed by atoms with Gasteiger partial charge in [-0.25, -0.2) is 4.39 Å². The maximum Gasteiger partial charge on any atom is 0.272 e. The number of hydrogen-bond donors (Lipinski definition) is 2. The highest BCUT2D eigenvalue weighted by Gasteiger charge is 2.18. The molecule has 0 aliphatic rings. The first-order valence-corrected chi connectivity index (χ1v) is 9.78. The number of amides is 2. The Hall–Kier alpha value is -3.75. The van der Waals surface area contributed by atoms with Crippen molar-refractivity contribution in [2.45, 2.75) is 0 Å². The quantitative estimate of drug-likeness (QED) is 0.282. The summed E-state index contributed by atoms with van der Waals surface area (Å²) in [5.74, 6) is -2.46. The molecule has 2 amide bonds. The van der Waals surface area contributed by atoms with Crippen molar-refractivity contribution < 1.29 is 18.9 Å². The van der Waals surface area contributed by atoms with Crippen molar-refractivity contribution in [1.29, 1.82) is 0 Å². The van der Waals surface area contributed by atoms with Crippen LogP contribution in [0.3, 0.4) is 0 Å². The van der Waals surface area contributed by atoms with E-state index in [0.29, 0.717) is 5.02 Å². The molecule has 0 aliphatic heterocycles. The molecule has 162 valence electrons. The van der Waals surface area contributed by atoms with Gasteiger partial charge in [0.25, 0.3) is 17.5 Å². The van der Waals surface area contributed by atoms with Crippen LogP contribution in [0, 0.1) is 15.9 Å². The molecule has 0 bridgehead atoms. The Balaban J connectivity index is 1.98. The van der Waals surface area contributed by atoms with E-state index in [9.17, 15) is 24.1 Å². The van der Waals surface area contributed by atoms with Crippen molar-refractivity contribution in [2.75, 3.05) is 5.32 Å². The third-order valence-electron chi connectivity index (χ3n) is 4.18. The van der Waals surface area contributed by atoms with Gasteiger partial charge < -0.3 is 10.6 Å². The van der Waals surface area contributed by atoms with Gasteiger partial charge in [0.2, 0.25) is 0 Å². The fourth-order valence-electron chi connectivity index (χ4n) is 2.67. The van der Waals surface area contributed by atoms with Gasteiger partial charge in [0.05, 0.1) is 21.2 Å². The SMILES string of the molecule is O=C(Nc1cc(Cl)ccc1Cl)/C(=C/c1cccc([N+](=O)[O-])c1)NC(=O)c1ccccc1F. The molecular formula is C22H14Cl2FN3O4. The zero-order valence-corrected chi connectivity index (χ0v) is 17.7. The van der Waals surface area contributed by atoms with E-state index in [2.05, 4.69) is 10.6 Å². The zero-order valence-electron chi connectivity index (χ0n) is 16.1. The van der Waals surface area contributed by atoms with Crippen molar-refractivity contribution in [3.63, 3.8) is 0 Å². The second kappa shape index (κ2) is 10.0. The number of benzene rings is 3. The molecule has 0 heterocycles. The normalized spacial score (nSPS) is 11.0. The van der Waals surface area contributed by atoms with E-state index < -0.39 is 22.6 Å². The van der Waals surface area contributed by atoms with E-state index in [1.807, 2.05) is 0 Å². The number of halogens is 3. The third-order valence-corrected chi connectivity index (χ3v) is 4.74. The van der Waals surface area contributed by atoms with Crippen LogP contribution in [0.25, 0.3) is 6.08 Å². The molecule has 3 aromatic carbocycles. The number of nitro groups is 1. The predicted molar refractivity (Wildman–Crippen MR) is 120 cm³/mol. The number of nitrogens with zero attached hydrogens (tertiary/aromatic N) is 1. The Morgan fingerprint density at radius 1 is 1.00 bits per heavy atom. The number of carbonyl (C=O) groups is 2. The summed E-state index contributed by atoms with van der Waals surface area (Å²) < 4.78 is 14.0. The van der Waals surface area contributed by atoms with Gasteiger partial charge in [-0.05, 0) is 42.0 Å². The van der Waals surface area contributed by atoms with Crippen LogP contribution in [0.5, 0.6) is 0 Å². The summed E-state index contributed by atoms with van der Waals surface area (Å²) in [6.07, 6.45) is 1.22. The standard InChI is InChI=1S/C22H14Cl2FN3O4/c23-14-8-9-17(24)19(12-14)26-22(30)20(11-13-4-3-5-15(10-13)28(31)32)27-21(29)16-6-1-2-7-18(16)25/h1-12H,(H,26,30)(H,27,29)/b20-11-. The summed E-state index contributed by atoms with van der Waals surface area (Å²) in [5.41, 5.74) is -0.359. The highest BCUT2D eigenvalue weighted by molar-refractivity contribution is 6.36. The van der Waals surface area contributed by atoms with Crippen LogP contribution >= 0.6 is 23.2 Å². The lowest BCUT2D eigenvalue weighted by atomic mass is 10.1. The molecule has 3 aromatic rings. The average molecular weight is 474 g/mol. The minimum atomic E-state index is -0.882. The van der Waals surface area contributed by atoms with Gasteiger partial charge in [-0.2, -0.15) is 0 Å². The summed E-state index contributed by atoms with van der Waals surface area (Å²) in [7, 11) is 0. The van der Waals surface area contributed by atoms with Crippen LogP contribution in [0.15, 0.2) is 72.4 Å². The van der Waals surface area contributed by atoms with Gasteiger partial charge in [-0.1, -0.05) is 47.5 Å². The second-order valence-electron chi connectivity index (χ2n) is 6.42. The third kappa shape index (κ3) is 5.69. The topological polar surface area (TPSA) is 101 Å². The number of hydrogen-bond acceptors (Lipinski definition) is 4. The number of nitro benzene ring substituents is 1. The minimum Gasteiger partial charge on any atom is -0.319 e. The minimum absolute atomic E-state index is 0.175. The first-order valence-electron chi connectivity index (χ1n) is 9.03. The number of nitrogens with one attached hydrogen (secondary N) is 2. The van der Waals surface area contributed by atoms with Gasteiger partial charge in [-0.15, -0.1) is 0 Å². The molecule has 0 aromatic heterocycles. The second-order valence-corrected chi connectivity index (χ2v) is 7.27. The summed E-state index contributed by atoms with van der Waals surface area (Å²) in [5, 5.41) is 16.4. The Bertz CT molecular complexity index is 1250.